The van der Waals surface area contributed by atoms with Crippen LogP contribution in [0, 0.1) is 5.92 Å². The van der Waals surface area contributed by atoms with Gasteiger partial charge in [0.25, 0.3) is 0 Å². The molecule has 1 aromatic heterocycles. The number of guanidine groups is 1. The molecule has 130 valence electrons. The molecule has 1 atom stereocenters. The molecule has 0 aromatic carbocycles. The lowest BCUT2D eigenvalue weighted by Gasteiger charge is -2.14. The fourth-order valence-electron chi connectivity index (χ4n) is 2.77. The topological polar surface area (TPSA) is 52.6 Å². The van der Waals surface area contributed by atoms with E-state index in [-0.39, 0.29) is 24.0 Å². The van der Waals surface area contributed by atoms with Crippen molar-refractivity contribution in [1.82, 2.24) is 20.5 Å². The summed E-state index contributed by atoms with van der Waals surface area (Å²) in [6.45, 7) is 10.6. The molecule has 23 heavy (non-hydrogen) atoms. The van der Waals surface area contributed by atoms with E-state index in [4.69, 9.17) is 4.99 Å². The van der Waals surface area contributed by atoms with Gasteiger partial charge in [0.2, 0.25) is 0 Å². The summed E-state index contributed by atoms with van der Waals surface area (Å²) in [4.78, 5) is 11.6. The Balaban J connectivity index is 0.00000264. The standard InChI is InChI=1S/C17H29N5.HI/c1-3-18-17(20-11-8-16-7-5-6-10-19-16)21-13-15-9-12-22(4-2)14-15;/h5-7,10,15H,3-4,8-9,11-14H2,1-2H3,(H2,18,20,21);1H. The molecule has 1 saturated heterocycles. The van der Waals surface area contributed by atoms with Crippen molar-refractivity contribution in [3.63, 3.8) is 0 Å². The number of nitrogens with one attached hydrogen (secondary N) is 2. The zero-order valence-electron chi connectivity index (χ0n) is 14.3. The Morgan fingerprint density at radius 3 is 2.87 bits per heavy atom. The smallest absolute Gasteiger partial charge is 0.191 e. The molecular weight excluding hydrogens is 401 g/mol. The summed E-state index contributed by atoms with van der Waals surface area (Å²) in [7, 11) is 0. The van der Waals surface area contributed by atoms with E-state index in [1.54, 1.807) is 0 Å². The van der Waals surface area contributed by atoms with Crippen molar-refractivity contribution in [3.8, 4) is 0 Å². The van der Waals surface area contributed by atoms with Crippen LogP contribution in [0.3, 0.4) is 0 Å². The molecule has 5 nitrogen and oxygen atoms in total. The number of aliphatic imine (C=N–C) groups is 1. The SMILES string of the molecule is CCNC(=NCC1CCN(CC)C1)NCCc1ccccn1.I. The van der Waals surface area contributed by atoms with Crippen LogP contribution < -0.4 is 10.6 Å². The number of rotatable bonds is 7. The molecular formula is C17H30IN5. The van der Waals surface area contributed by atoms with Crippen LogP contribution in [0.1, 0.15) is 26.0 Å². The molecule has 6 heteroatoms. The molecule has 2 rings (SSSR count). The third-order valence-corrected chi connectivity index (χ3v) is 4.07. The molecule has 1 fully saturated rings. The number of likely N-dealkylation sites (tertiary alicyclic amines) is 1. The molecule has 0 bridgehead atoms. The van der Waals surface area contributed by atoms with Gasteiger partial charge in [0.15, 0.2) is 5.96 Å². The second-order valence-electron chi connectivity index (χ2n) is 5.77. The minimum atomic E-state index is 0. The molecule has 0 spiro atoms. The second kappa shape index (κ2) is 11.6. The van der Waals surface area contributed by atoms with Gasteiger partial charge in [-0.3, -0.25) is 9.98 Å². The van der Waals surface area contributed by atoms with E-state index in [9.17, 15) is 0 Å². The Labute approximate surface area is 157 Å². The molecule has 1 aliphatic heterocycles. The molecule has 0 amide bonds. The minimum Gasteiger partial charge on any atom is -0.357 e. The summed E-state index contributed by atoms with van der Waals surface area (Å²) >= 11 is 0. The van der Waals surface area contributed by atoms with Crippen molar-refractivity contribution in [1.29, 1.82) is 0 Å². The lowest BCUT2D eigenvalue weighted by atomic mass is 10.1. The van der Waals surface area contributed by atoms with E-state index in [1.165, 1.54) is 19.5 Å². The van der Waals surface area contributed by atoms with E-state index in [1.807, 2.05) is 18.3 Å². The molecule has 2 heterocycles. The van der Waals surface area contributed by atoms with Crippen molar-refractivity contribution in [2.75, 3.05) is 39.3 Å². The molecule has 1 aliphatic rings. The summed E-state index contributed by atoms with van der Waals surface area (Å²) in [6, 6.07) is 6.04. The van der Waals surface area contributed by atoms with Crippen molar-refractivity contribution >= 4 is 29.9 Å². The van der Waals surface area contributed by atoms with E-state index in [0.29, 0.717) is 5.92 Å². The third kappa shape index (κ3) is 7.48. The number of nitrogens with zero attached hydrogens (tertiary/aromatic N) is 3. The Bertz CT molecular complexity index is 452. The maximum absolute atomic E-state index is 4.74. The van der Waals surface area contributed by atoms with Gasteiger partial charge in [0, 0.05) is 44.5 Å². The van der Waals surface area contributed by atoms with Gasteiger partial charge in [-0.05, 0) is 44.5 Å². The summed E-state index contributed by atoms with van der Waals surface area (Å²) in [5.41, 5.74) is 1.11. The van der Waals surface area contributed by atoms with Gasteiger partial charge in [-0.1, -0.05) is 13.0 Å². The van der Waals surface area contributed by atoms with Crippen molar-refractivity contribution in [2.45, 2.75) is 26.7 Å². The second-order valence-corrected chi connectivity index (χ2v) is 5.77. The first-order valence-corrected chi connectivity index (χ1v) is 8.46. The number of aromatic nitrogens is 1. The summed E-state index contributed by atoms with van der Waals surface area (Å²) in [5, 5.41) is 6.73. The quantitative estimate of drug-likeness (QED) is 0.395. The first kappa shape index (κ1) is 20.2. The van der Waals surface area contributed by atoms with Crippen LogP contribution in [0.5, 0.6) is 0 Å². The van der Waals surface area contributed by atoms with Gasteiger partial charge in [0.1, 0.15) is 0 Å². The largest absolute Gasteiger partial charge is 0.357 e. The zero-order chi connectivity index (χ0) is 15.6. The third-order valence-electron chi connectivity index (χ3n) is 4.07. The van der Waals surface area contributed by atoms with Gasteiger partial charge in [-0.2, -0.15) is 0 Å². The molecule has 2 N–H and O–H groups in total. The predicted molar refractivity (Wildman–Crippen MR) is 108 cm³/mol. The van der Waals surface area contributed by atoms with Gasteiger partial charge in [0.05, 0.1) is 0 Å². The van der Waals surface area contributed by atoms with Crippen molar-refractivity contribution in [3.05, 3.63) is 30.1 Å². The number of halogens is 1. The fraction of sp³-hybridized carbons (Fsp3) is 0.647. The average molecular weight is 431 g/mol. The molecule has 0 aliphatic carbocycles. The van der Waals surface area contributed by atoms with E-state index < -0.39 is 0 Å². The molecule has 1 aromatic rings. The van der Waals surface area contributed by atoms with Crippen LogP contribution in [0.4, 0.5) is 0 Å². The highest BCUT2D eigenvalue weighted by Crippen LogP contribution is 2.15. The number of hydrogen-bond donors (Lipinski definition) is 2. The molecule has 0 radical (unpaired) electrons. The van der Waals surface area contributed by atoms with Crippen LogP contribution in [-0.4, -0.2) is 55.1 Å². The van der Waals surface area contributed by atoms with Gasteiger partial charge >= 0.3 is 0 Å². The summed E-state index contributed by atoms with van der Waals surface area (Å²) in [6.07, 6.45) is 4.02. The van der Waals surface area contributed by atoms with Gasteiger partial charge in [-0.15, -0.1) is 24.0 Å². The van der Waals surface area contributed by atoms with E-state index in [0.717, 1.165) is 44.3 Å². The Morgan fingerprint density at radius 1 is 1.35 bits per heavy atom. The van der Waals surface area contributed by atoms with Crippen LogP contribution in [0.25, 0.3) is 0 Å². The highest BCUT2D eigenvalue weighted by Gasteiger charge is 2.20. The lowest BCUT2D eigenvalue weighted by molar-refractivity contribution is 0.343. The monoisotopic (exact) mass is 431 g/mol. The normalized spacial score (nSPS) is 18.5. The first-order valence-electron chi connectivity index (χ1n) is 8.46. The maximum Gasteiger partial charge on any atom is 0.191 e. The number of pyridine rings is 1. The van der Waals surface area contributed by atoms with Crippen LogP contribution in [0.2, 0.25) is 0 Å². The molecule has 1 unspecified atom stereocenters. The molecule has 0 saturated carbocycles. The van der Waals surface area contributed by atoms with Crippen LogP contribution in [-0.2, 0) is 6.42 Å². The summed E-state index contributed by atoms with van der Waals surface area (Å²) < 4.78 is 0. The van der Waals surface area contributed by atoms with E-state index >= 15 is 0 Å². The first-order chi connectivity index (χ1) is 10.8. The van der Waals surface area contributed by atoms with Crippen LogP contribution >= 0.6 is 24.0 Å². The zero-order valence-corrected chi connectivity index (χ0v) is 16.6. The van der Waals surface area contributed by atoms with E-state index in [2.05, 4.69) is 40.4 Å². The van der Waals surface area contributed by atoms with Crippen molar-refractivity contribution < 1.29 is 0 Å². The Hall–Kier alpha value is -0.890. The Morgan fingerprint density at radius 2 is 2.22 bits per heavy atom. The van der Waals surface area contributed by atoms with Gasteiger partial charge in [-0.25, -0.2) is 0 Å². The Kier molecular flexibility index (Phi) is 10.2. The highest BCUT2D eigenvalue weighted by atomic mass is 127. The average Bonchev–Trinajstić information content (AvgIpc) is 3.02. The van der Waals surface area contributed by atoms with Crippen molar-refractivity contribution in [2.24, 2.45) is 10.9 Å². The fourth-order valence-corrected chi connectivity index (χ4v) is 2.77. The number of hydrogen-bond acceptors (Lipinski definition) is 3. The maximum atomic E-state index is 4.74. The van der Waals surface area contributed by atoms with Gasteiger partial charge < -0.3 is 15.5 Å². The highest BCUT2D eigenvalue weighted by molar-refractivity contribution is 14.0. The van der Waals surface area contributed by atoms with Crippen LogP contribution in [0.15, 0.2) is 29.4 Å². The predicted octanol–water partition coefficient (Wildman–Crippen LogP) is 2.14. The minimum absolute atomic E-state index is 0. The summed E-state index contributed by atoms with van der Waals surface area (Å²) in [5.74, 6) is 1.62. The lowest BCUT2D eigenvalue weighted by Crippen LogP contribution is -2.38.